The van der Waals surface area contributed by atoms with Crippen molar-refractivity contribution in [3.05, 3.63) is 200 Å². The van der Waals surface area contributed by atoms with Crippen LogP contribution in [0.25, 0.3) is 0 Å². The first-order chi connectivity index (χ1) is 44.3. The van der Waals surface area contributed by atoms with Gasteiger partial charge in [-0.15, -0.1) is 0 Å². The van der Waals surface area contributed by atoms with Crippen molar-refractivity contribution in [2.75, 3.05) is 0 Å². The number of aryl methyl sites for hydroxylation is 2. The van der Waals surface area contributed by atoms with E-state index in [-0.39, 0.29) is 0 Å². The number of pyridine rings is 3. The zero-order valence-electron chi connectivity index (χ0n) is 66.6. The Labute approximate surface area is 582 Å². The van der Waals surface area contributed by atoms with E-state index < -0.39 is 0 Å². The molecule has 11 nitrogen and oxygen atoms in total. The lowest BCUT2D eigenvalue weighted by Gasteiger charge is -2.14. The number of benzene rings is 1. The van der Waals surface area contributed by atoms with Crippen LogP contribution in [0.4, 0.5) is 0 Å². The van der Waals surface area contributed by atoms with Gasteiger partial charge < -0.3 is 0 Å². The van der Waals surface area contributed by atoms with Crippen molar-refractivity contribution in [1.82, 2.24) is 54.7 Å². The summed E-state index contributed by atoms with van der Waals surface area (Å²) in [6.07, 6.45) is 19.2. The van der Waals surface area contributed by atoms with Gasteiger partial charge in [0.25, 0.3) is 0 Å². The quantitative estimate of drug-likeness (QED) is 0.101. The van der Waals surface area contributed by atoms with Crippen LogP contribution in [0.15, 0.2) is 111 Å². The standard InChI is InChI=1S/C12H18.3C11H17N.2C10H18N2.C10H16N2.C9H16N2/c1-9(2)11-7-5-6-8-12(11)10(3)4;2*1-8(2)10-5-6-12-7-11(10)9(3)4;1-8(2)10-6-5-7-12-11(10)9(3)4;1-7(2)9-6-12(5)11-10(9)8(3)4;1-7(2)9-6-11-12(5)10(9)8(3)4;1-7(2)9-5-11-6-12-10(9)8(3)4;1-6(2)8-5-10-11-9(8)7(3)4/h5-10H,1-4H3;3*5-9H,1-4H3;2*6-8H,1-5H3;5-8H,1-4H3;5-7H,1-4H3,(H,10,11). The molecule has 0 aliphatic heterocycles. The van der Waals surface area contributed by atoms with Gasteiger partial charge >= 0.3 is 0 Å². The Balaban J connectivity index is 0.000000543. The van der Waals surface area contributed by atoms with Crippen LogP contribution >= 0.6 is 0 Å². The fourth-order valence-corrected chi connectivity index (χ4v) is 11.4. The second kappa shape index (κ2) is 43.5. The minimum Gasteiger partial charge on any atom is -0.282 e. The fourth-order valence-electron chi connectivity index (χ4n) is 11.4. The van der Waals surface area contributed by atoms with Gasteiger partial charge in [0.2, 0.25) is 0 Å². The molecule has 1 aromatic carbocycles. The Morgan fingerprint density at radius 3 is 0.989 bits per heavy atom. The van der Waals surface area contributed by atoms with Crippen molar-refractivity contribution in [1.29, 1.82) is 0 Å². The molecule has 8 rings (SSSR count). The number of nitrogens with one attached hydrogen (secondary N) is 1. The highest BCUT2D eigenvalue weighted by Crippen LogP contribution is 2.30. The lowest BCUT2D eigenvalue weighted by molar-refractivity contribution is 0.658. The van der Waals surface area contributed by atoms with E-state index in [2.05, 4.69) is 316 Å². The van der Waals surface area contributed by atoms with E-state index >= 15 is 0 Å². The van der Waals surface area contributed by atoms with E-state index in [1.165, 1.54) is 89.7 Å². The van der Waals surface area contributed by atoms with Gasteiger partial charge in [0.1, 0.15) is 6.33 Å². The average molecular weight is 1300 g/mol. The zero-order valence-corrected chi connectivity index (χ0v) is 66.6. The molecule has 0 aliphatic rings. The molecule has 0 atom stereocenters. The number of hydrogen-bond donors (Lipinski definition) is 1. The van der Waals surface area contributed by atoms with Crippen LogP contribution in [0, 0.1) is 0 Å². The topological polar surface area (TPSA) is 129 Å². The lowest BCUT2D eigenvalue weighted by atomic mass is 9.91. The first-order valence-corrected chi connectivity index (χ1v) is 36.1. The van der Waals surface area contributed by atoms with Crippen molar-refractivity contribution in [2.45, 2.75) is 316 Å². The maximum atomic E-state index is 4.45. The summed E-state index contributed by atoms with van der Waals surface area (Å²) in [5.41, 5.74) is 21.7. The summed E-state index contributed by atoms with van der Waals surface area (Å²) in [6.45, 7) is 70.6. The number of aromatic amines is 1. The Morgan fingerprint density at radius 2 is 0.674 bits per heavy atom. The molecular formula is C84H137N11. The van der Waals surface area contributed by atoms with Crippen LogP contribution in [0.1, 0.15) is 406 Å². The molecule has 0 saturated heterocycles. The van der Waals surface area contributed by atoms with Gasteiger partial charge in [0.15, 0.2) is 0 Å². The summed E-state index contributed by atoms with van der Waals surface area (Å²) in [4.78, 5) is 21.0. The molecule has 0 saturated carbocycles. The van der Waals surface area contributed by atoms with E-state index in [0.717, 1.165) is 0 Å². The van der Waals surface area contributed by atoms with Crippen LogP contribution in [-0.4, -0.2) is 54.7 Å². The summed E-state index contributed by atoms with van der Waals surface area (Å²) in [6, 6.07) is 17.2. The molecule has 8 aromatic rings. The summed E-state index contributed by atoms with van der Waals surface area (Å²) in [5, 5.41) is 15.8. The van der Waals surface area contributed by atoms with Gasteiger partial charge in [-0.25, -0.2) is 9.97 Å². The highest BCUT2D eigenvalue weighted by atomic mass is 15.3. The van der Waals surface area contributed by atoms with Gasteiger partial charge in [0, 0.05) is 80.2 Å². The summed E-state index contributed by atoms with van der Waals surface area (Å²) in [5.74, 6) is 9.15. The molecule has 0 spiro atoms. The molecule has 7 heterocycles. The van der Waals surface area contributed by atoms with Gasteiger partial charge in [-0.2, -0.15) is 15.3 Å². The molecule has 0 fully saturated rings. The minimum atomic E-state index is 0.491. The number of nitrogens with zero attached hydrogens (tertiary/aromatic N) is 10. The zero-order chi connectivity index (χ0) is 72.7. The van der Waals surface area contributed by atoms with Gasteiger partial charge in [-0.3, -0.25) is 29.4 Å². The Hall–Kier alpha value is -6.62. The minimum absolute atomic E-state index is 0.491. The van der Waals surface area contributed by atoms with E-state index in [1.54, 1.807) is 6.33 Å². The second-order valence-electron chi connectivity index (χ2n) is 30.4. The van der Waals surface area contributed by atoms with Gasteiger partial charge in [-0.1, -0.05) is 252 Å². The third-order valence-corrected chi connectivity index (χ3v) is 16.6. The predicted octanol–water partition coefficient (Wildman–Crippen LogP) is 24.6. The number of hydrogen-bond acceptors (Lipinski definition) is 8. The molecule has 528 valence electrons. The van der Waals surface area contributed by atoms with E-state index in [9.17, 15) is 0 Å². The predicted molar refractivity (Wildman–Crippen MR) is 412 cm³/mol. The molecule has 0 aliphatic carbocycles. The van der Waals surface area contributed by atoms with E-state index in [0.29, 0.717) is 94.7 Å². The normalized spacial score (nSPS) is 11.3. The monoisotopic (exact) mass is 1300 g/mol. The fraction of sp³-hybridized carbons (Fsp3) is 0.595. The first-order valence-electron chi connectivity index (χ1n) is 36.1. The Bertz CT molecular complexity index is 2800. The number of H-pyrrole nitrogens is 1. The molecule has 0 amide bonds. The summed E-state index contributed by atoms with van der Waals surface area (Å²) >= 11 is 0. The number of rotatable bonds is 16. The van der Waals surface area contributed by atoms with Gasteiger partial charge in [-0.05, 0) is 174 Å². The van der Waals surface area contributed by atoms with Crippen LogP contribution in [-0.2, 0) is 14.1 Å². The third kappa shape index (κ3) is 29.3. The smallest absolute Gasteiger partial charge is 0.115 e. The first kappa shape index (κ1) is 86.4. The van der Waals surface area contributed by atoms with Gasteiger partial charge in [0.05, 0.1) is 18.1 Å². The Morgan fingerprint density at radius 1 is 0.295 bits per heavy atom. The van der Waals surface area contributed by atoms with Crippen LogP contribution < -0.4 is 0 Å². The molecule has 7 aromatic heterocycles. The molecular weight excluding hydrogens is 1160 g/mol. The SMILES string of the molecule is CC(C)c1ccccc1C(C)C.CC(C)c1cccnc1C(C)C.CC(C)c1ccncc1C(C)C.CC(C)c1ccncc1C(C)C.CC(C)c1cn(C)nc1C(C)C.CC(C)c1cn[nH]c1C(C)C.CC(C)c1cncnc1C(C)C.CC(C)c1cnn(C)c1C(C)C. The molecule has 95 heavy (non-hydrogen) atoms. The summed E-state index contributed by atoms with van der Waals surface area (Å²) < 4.78 is 3.89. The molecule has 0 unspecified atom stereocenters. The average Bonchev–Trinajstić information content (AvgIpc) is 1.89. The number of aromatic nitrogens is 11. The largest absolute Gasteiger partial charge is 0.282 e. The van der Waals surface area contributed by atoms with Crippen LogP contribution in [0.3, 0.4) is 0 Å². The molecule has 0 bridgehead atoms. The van der Waals surface area contributed by atoms with Crippen molar-refractivity contribution in [3.63, 3.8) is 0 Å². The molecule has 0 radical (unpaired) electrons. The summed E-state index contributed by atoms with van der Waals surface area (Å²) in [7, 11) is 4.00. The highest BCUT2D eigenvalue weighted by Gasteiger charge is 2.17. The second-order valence-corrected chi connectivity index (χ2v) is 30.4. The Kier molecular flexibility index (Phi) is 39.6. The van der Waals surface area contributed by atoms with E-state index in [1.807, 2.05) is 79.1 Å². The maximum Gasteiger partial charge on any atom is 0.115 e. The van der Waals surface area contributed by atoms with Crippen molar-refractivity contribution >= 4 is 0 Å². The van der Waals surface area contributed by atoms with Crippen molar-refractivity contribution < 1.29 is 0 Å². The highest BCUT2D eigenvalue weighted by molar-refractivity contribution is 5.33. The van der Waals surface area contributed by atoms with Crippen molar-refractivity contribution in [3.8, 4) is 0 Å². The van der Waals surface area contributed by atoms with Crippen LogP contribution in [0.5, 0.6) is 0 Å². The maximum absolute atomic E-state index is 4.45. The van der Waals surface area contributed by atoms with Crippen molar-refractivity contribution in [2.24, 2.45) is 14.1 Å². The molecule has 1 N–H and O–H groups in total. The van der Waals surface area contributed by atoms with Crippen LogP contribution in [0.2, 0.25) is 0 Å². The third-order valence-electron chi connectivity index (χ3n) is 16.6. The molecule has 11 heteroatoms. The lowest BCUT2D eigenvalue weighted by Crippen LogP contribution is -2.03. The van der Waals surface area contributed by atoms with E-state index in [4.69, 9.17) is 0 Å².